The van der Waals surface area contributed by atoms with Gasteiger partial charge in [-0.3, -0.25) is 4.79 Å². The lowest BCUT2D eigenvalue weighted by Crippen LogP contribution is -2.19. The van der Waals surface area contributed by atoms with Crippen molar-refractivity contribution in [3.05, 3.63) is 65.2 Å². The summed E-state index contributed by atoms with van der Waals surface area (Å²) < 4.78 is 4.96. The molecular formula is C17H13ClN4O3. The zero-order valence-corrected chi connectivity index (χ0v) is 13.8. The SMILES string of the molecule is O=C(Cn1nnc(-c2ccc(Cl)cc2)n1)OCC(=O)c1ccccc1. The quantitative estimate of drug-likeness (QED) is 0.498. The van der Waals surface area contributed by atoms with Crippen LogP contribution in [0.3, 0.4) is 0 Å². The molecule has 0 saturated carbocycles. The van der Waals surface area contributed by atoms with E-state index >= 15 is 0 Å². The summed E-state index contributed by atoms with van der Waals surface area (Å²) in [5.74, 6) is -0.531. The molecule has 2 aromatic carbocycles. The van der Waals surface area contributed by atoms with Crippen molar-refractivity contribution >= 4 is 23.4 Å². The van der Waals surface area contributed by atoms with Gasteiger partial charge in [0.15, 0.2) is 18.9 Å². The van der Waals surface area contributed by atoms with Gasteiger partial charge >= 0.3 is 5.97 Å². The van der Waals surface area contributed by atoms with Gasteiger partial charge in [0.05, 0.1) is 0 Å². The van der Waals surface area contributed by atoms with Crippen molar-refractivity contribution in [2.24, 2.45) is 0 Å². The lowest BCUT2D eigenvalue weighted by molar-refractivity contribution is -0.143. The lowest BCUT2D eigenvalue weighted by atomic mass is 10.1. The van der Waals surface area contributed by atoms with Gasteiger partial charge in [-0.15, -0.1) is 10.2 Å². The average molecular weight is 357 g/mol. The molecule has 25 heavy (non-hydrogen) atoms. The minimum Gasteiger partial charge on any atom is -0.456 e. The molecule has 0 saturated heterocycles. The van der Waals surface area contributed by atoms with Crippen LogP contribution in [0.2, 0.25) is 5.02 Å². The van der Waals surface area contributed by atoms with Gasteiger partial charge < -0.3 is 4.74 Å². The normalized spacial score (nSPS) is 10.4. The Labute approximate surface area is 148 Å². The molecule has 0 aliphatic carbocycles. The number of rotatable bonds is 6. The van der Waals surface area contributed by atoms with E-state index in [0.29, 0.717) is 16.4 Å². The highest BCUT2D eigenvalue weighted by Gasteiger charge is 2.13. The van der Waals surface area contributed by atoms with Gasteiger partial charge in [0.25, 0.3) is 0 Å². The Kier molecular flexibility index (Phi) is 5.15. The summed E-state index contributed by atoms with van der Waals surface area (Å²) >= 11 is 5.83. The van der Waals surface area contributed by atoms with Crippen molar-refractivity contribution in [2.75, 3.05) is 6.61 Å². The lowest BCUT2D eigenvalue weighted by Gasteiger charge is -2.03. The molecule has 0 radical (unpaired) electrons. The topological polar surface area (TPSA) is 87.0 Å². The van der Waals surface area contributed by atoms with Crippen LogP contribution in [-0.4, -0.2) is 38.6 Å². The van der Waals surface area contributed by atoms with E-state index < -0.39 is 5.97 Å². The molecule has 8 heteroatoms. The average Bonchev–Trinajstić information content (AvgIpc) is 3.09. The summed E-state index contributed by atoms with van der Waals surface area (Å²) in [7, 11) is 0. The molecule has 126 valence electrons. The van der Waals surface area contributed by atoms with Gasteiger partial charge in [-0.25, -0.2) is 4.79 Å². The van der Waals surface area contributed by atoms with Gasteiger partial charge in [0, 0.05) is 16.1 Å². The number of hydrogen-bond acceptors (Lipinski definition) is 6. The van der Waals surface area contributed by atoms with Crippen LogP contribution in [0.5, 0.6) is 0 Å². The van der Waals surface area contributed by atoms with Gasteiger partial charge in [0.1, 0.15) is 0 Å². The summed E-state index contributed by atoms with van der Waals surface area (Å²) in [4.78, 5) is 24.8. The van der Waals surface area contributed by atoms with Gasteiger partial charge in [-0.05, 0) is 29.5 Å². The number of halogens is 1. The second-order valence-corrected chi connectivity index (χ2v) is 5.54. The summed E-state index contributed by atoms with van der Waals surface area (Å²) in [6, 6.07) is 15.5. The molecule has 1 heterocycles. The van der Waals surface area contributed by atoms with Crippen LogP contribution in [0.15, 0.2) is 54.6 Å². The van der Waals surface area contributed by atoms with Crippen LogP contribution in [0.25, 0.3) is 11.4 Å². The fourth-order valence-electron chi connectivity index (χ4n) is 2.04. The summed E-state index contributed by atoms with van der Waals surface area (Å²) in [6.07, 6.45) is 0. The first-order valence-electron chi connectivity index (χ1n) is 7.39. The number of ether oxygens (including phenoxy) is 1. The van der Waals surface area contributed by atoms with Crippen LogP contribution in [0.1, 0.15) is 10.4 Å². The second-order valence-electron chi connectivity index (χ2n) is 5.10. The van der Waals surface area contributed by atoms with Crippen molar-refractivity contribution in [3.8, 4) is 11.4 Å². The maximum atomic E-state index is 11.9. The number of benzene rings is 2. The highest BCUT2D eigenvalue weighted by Crippen LogP contribution is 2.16. The monoisotopic (exact) mass is 356 g/mol. The molecule has 0 aliphatic heterocycles. The first-order valence-corrected chi connectivity index (χ1v) is 7.77. The number of esters is 1. The minimum atomic E-state index is -0.621. The molecule has 0 amide bonds. The number of Topliss-reactive ketones (excluding diaryl/α,β-unsaturated/α-hetero) is 1. The molecule has 0 N–H and O–H groups in total. The van der Waals surface area contributed by atoms with Crippen molar-refractivity contribution in [1.29, 1.82) is 0 Å². The van der Waals surface area contributed by atoms with Gasteiger partial charge in [-0.2, -0.15) is 4.80 Å². The summed E-state index contributed by atoms with van der Waals surface area (Å²) in [6.45, 7) is -0.565. The Bertz CT molecular complexity index is 878. The number of carbonyl (C=O) groups is 2. The van der Waals surface area contributed by atoms with E-state index in [4.69, 9.17) is 16.3 Å². The third-order valence-electron chi connectivity index (χ3n) is 3.29. The predicted octanol–water partition coefficient (Wildman–Crippen LogP) is 2.42. The molecule has 0 aliphatic rings. The maximum Gasteiger partial charge on any atom is 0.330 e. The van der Waals surface area contributed by atoms with E-state index in [0.717, 1.165) is 10.4 Å². The first-order chi connectivity index (χ1) is 12.1. The van der Waals surface area contributed by atoms with Gasteiger partial charge in [-0.1, -0.05) is 41.9 Å². The van der Waals surface area contributed by atoms with Crippen molar-refractivity contribution in [3.63, 3.8) is 0 Å². The molecule has 1 aromatic heterocycles. The minimum absolute atomic E-state index is 0.233. The van der Waals surface area contributed by atoms with E-state index in [-0.39, 0.29) is 18.9 Å². The Morgan fingerprint density at radius 2 is 1.76 bits per heavy atom. The molecule has 7 nitrogen and oxygen atoms in total. The first kappa shape index (κ1) is 16.8. The second kappa shape index (κ2) is 7.67. The van der Waals surface area contributed by atoms with Crippen LogP contribution in [-0.2, 0) is 16.1 Å². The molecule has 0 fully saturated rings. The molecule has 3 rings (SSSR count). The number of tetrazole rings is 1. The molecule has 0 spiro atoms. The Balaban J connectivity index is 1.55. The van der Waals surface area contributed by atoms with Crippen molar-refractivity contribution in [1.82, 2.24) is 20.2 Å². The predicted molar refractivity (Wildman–Crippen MR) is 90.0 cm³/mol. The fraction of sp³-hybridized carbons (Fsp3) is 0.118. The highest BCUT2D eigenvalue weighted by molar-refractivity contribution is 6.30. The number of carbonyl (C=O) groups excluding carboxylic acids is 2. The van der Waals surface area contributed by atoms with E-state index in [1.54, 1.807) is 54.6 Å². The largest absolute Gasteiger partial charge is 0.456 e. The Morgan fingerprint density at radius 3 is 2.48 bits per heavy atom. The fourth-order valence-corrected chi connectivity index (χ4v) is 2.17. The standard InChI is InChI=1S/C17H13ClN4O3/c18-14-8-6-13(7-9-14)17-19-21-22(20-17)10-16(24)25-11-15(23)12-4-2-1-3-5-12/h1-9H,10-11H2. The molecule has 0 unspecified atom stereocenters. The molecule has 0 atom stereocenters. The number of aromatic nitrogens is 4. The third-order valence-corrected chi connectivity index (χ3v) is 3.54. The van der Waals surface area contributed by atoms with E-state index in [1.165, 1.54) is 0 Å². The number of hydrogen-bond donors (Lipinski definition) is 0. The highest BCUT2D eigenvalue weighted by atomic mass is 35.5. The molecular weight excluding hydrogens is 344 g/mol. The third kappa shape index (κ3) is 4.48. The van der Waals surface area contributed by atoms with Crippen molar-refractivity contribution in [2.45, 2.75) is 6.54 Å². The van der Waals surface area contributed by atoms with Crippen LogP contribution in [0, 0.1) is 0 Å². The van der Waals surface area contributed by atoms with E-state index in [1.807, 2.05) is 0 Å². The molecule has 3 aromatic rings. The number of ketones is 1. The van der Waals surface area contributed by atoms with E-state index in [2.05, 4.69) is 15.4 Å². The van der Waals surface area contributed by atoms with Crippen LogP contribution >= 0.6 is 11.6 Å². The summed E-state index contributed by atoms with van der Waals surface area (Å²) in [5.41, 5.74) is 1.21. The summed E-state index contributed by atoms with van der Waals surface area (Å²) in [5, 5.41) is 12.4. The maximum absolute atomic E-state index is 11.9. The van der Waals surface area contributed by atoms with Gasteiger partial charge in [0.2, 0.25) is 5.82 Å². The van der Waals surface area contributed by atoms with Crippen LogP contribution < -0.4 is 0 Å². The zero-order valence-electron chi connectivity index (χ0n) is 13.0. The Morgan fingerprint density at radius 1 is 1.04 bits per heavy atom. The molecule has 0 bridgehead atoms. The van der Waals surface area contributed by atoms with Crippen molar-refractivity contribution < 1.29 is 14.3 Å². The zero-order chi connectivity index (χ0) is 17.6. The van der Waals surface area contributed by atoms with Crippen LogP contribution in [0.4, 0.5) is 0 Å². The van der Waals surface area contributed by atoms with E-state index in [9.17, 15) is 9.59 Å². The smallest absolute Gasteiger partial charge is 0.330 e. The number of nitrogens with zero attached hydrogens (tertiary/aromatic N) is 4. The Hall–Kier alpha value is -3.06.